The zero-order chi connectivity index (χ0) is 12.5. The Hall–Kier alpha value is -1.46. The SMILES string of the molecule is OC(c1occc1Br)C1COc2ccccc2O1. The Morgan fingerprint density at radius 2 is 2.00 bits per heavy atom. The lowest BCUT2D eigenvalue weighted by atomic mass is 10.1. The number of hydrogen-bond donors (Lipinski definition) is 1. The number of furan rings is 1. The van der Waals surface area contributed by atoms with Crippen LogP contribution in [0.25, 0.3) is 0 Å². The van der Waals surface area contributed by atoms with Crippen LogP contribution >= 0.6 is 15.9 Å². The van der Waals surface area contributed by atoms with Gasteiger partial charge in [-0.2, -0.15) is 0 Å². The Balaban J connectivity index is 1.82. The molecule has 0 saturated heterocycles. The molecule has 2 atom stereocenters. The summed E-state index contributed by atoms with van der Waals surface area (Å²) in [6.07, 6.45) is 0.158. The van der Waals surface area contributed by atoms with Gasteiger partial charge in [0.2, 0.25) is 0 Å². The van der Waals surface area contributed by atoms with Crippen molar-refractivity contribution in [3.05, 3.63) is 46.8 Å². The predicted molar refractivity (Wildman–Crippen MR) is 67.7 cm³/mol. The molecule has 3 rings (SSSR count). The molecule has 5 heteroatoms. The molecular formula is C13H11BrO4. The molecule has 0 radical (unpaired) electrons. The van der Waals surface area contributed by atoms with Crippen LogP contribution in [0.15, 0.2) is 45.5 Å². The summed E-state index contributed by atoms with van der Waals surface area (Å²) in [5.41, 5.74) is 0. The van der Waals surface area contributed by atoms with E-state index in [0.717, 1.165) is 4.47 Å². The van der Waals surface area contributed by atoms with E-state index in [9.17, 15) is 5.11 Å². The highest BCUT2D eigenvalue weighted by molar-refractivity contribution is 9.10. The van der Waals surface area contributed by atoms with Crippen molar-refractivity contribution in [1.82, 2.24) is 0 Å². The summed E-state index contributed by atoms with van der Waals surface area (Å²) in [6.45, 7) is 0.283. The molecule has 1 aliphatic heterocycles. The largest absolute Gasteiger partial charge is 0.486 e. The first-order chi connectivity index (χ1) is 8.75. The van der Waals surface area contributed by atoms with Crippen molar-refractivity contribution in [1.29, 1.82) is 0 Å². The molecule has 0 amide bonds. The Kier molecular flexibility index (Phi) is 3.01. The topological polar surface area (TPSA) is 51.8 Å². The third kappa shape index (κ3) is 2.00. The van der Waals surface area contributed by atoms with E-state index in [-0.39, 0.29) is 6.61 Å². The first kappa shape index (κ1) is 11.6. The molecule has 0 bridgehead atoms. The van der Waals surface area contributed by atoms with Gasteiger partial charge in [0.25, 0.3) is 0 Å². The van der Waals surface area contributed by atoms with Gasteiger partial charge in [-0.05, 0) is 34.1 Å². The monoisotopic (exact) mass is 310 g/mol. The number of rotatable bonds is 2. The van der Waals surface area contributed by atoms with Crippen LogP contribution in [0.4, 0.5) is 0 Å². The van der Waals surface area contributed by atoms with E-state index in [1.54, 1.807) is 6.07 Å². The van der Waals surface area contributed by atoms with Gasteiger partial charge in [0.05, 0.1) is 10.7 Å². The Labute approximate surface area is 112 Å². The van der Waals surface area contributed by atoms with E-state index in [0.29, 0.717) is 17.3 Å². The molecule has 1 aliphatic rings. The van der Waals surface area contributed by atoms with Gasteiger partial charge in [-0.1, -0.05) is 12.1 Å². The van der Waals surface area contributed by atoms with Crippen molar-refractivity contribution in [2.24, 2.45) is 0 Å². The van der Waals surface area contributed by atoms with Gasteiger partial charge in [-0.15, -0.1) is 0 Å². The fraction of sp³-hybridized carbons (Fsp3) is 0.231. The molecule has 1 aromatic heterocycles. The van der Waals surface area contributed by atoms with Crippen molar-refractivity contribution >= 4 is 15.9 Å². The molecule has 0 aliphatic carbocycles. The molecule has 94 valence electrons. The normalized spacial score (nSPS) is 19.6. The second-order valence-electron chi connectivity index (χ2n) is 3.99. The molecule has 2 heterocycles. The van der Waals surface area contributed by atoms with Crippen molar-refractivity contribution in [2.75, 3.05) is 6.61 Å². The second kappa shape index (κ2) is 4.66. The molecule has 0 saturated carbocycles. The van der Waals surface area contributed by atoms with E-state index in [4.69, 9.17) is 13.9 Å². The van der Waals surface area contributed by atoms with Gasteiger partial charge in [0.15, 0.2) is 23.7 Å². The lowest BCUT2D eigenvalue weighted by molar-refractivity contribution is -0.0213. The van der Waals surface area contributed by atoms with Crippen LogP contribution in [-0.4, -0.2) is 17.8 Å². The van der Waals surface area contributed by atoms with Crippen LogP contribution in [0.5, 0.6) is 11.5 Å². The molecule has 0 fully saturated rings. The standard InChI is InChI=1S/C13H11BrO4/c14-8-5-6-16-13(8)12(15)11-7-17-9-3-1-2-4-10(9)18-11/h1-6,11-12,15H,7H2. The number of fused-ring (bicyclic) bond motifs is 1. The van der Waals surface area contributed by atoms with Crippen molar-refractivity contribution in [3.8, 4) is 11.5 Å². The van der Waals surface area contributed by atoms with Gasteiger partial charge in [0.1, 0.15) is 12.4 Å². The lowest BCUT2D eigenvalue weighted by Crippen LogP contribution is -2.34. The van der Waals surface area contributed by atoms with Crippen LogP contribution in [-0.2, 0) is 0 Å². The van der Waals surface area contributed by atoms with Crippen molar-refractivity contribution in [2.45, 2.75) is 12.2 Å². The third-order valence-corrected chi connectivity index (χ3v) is 3.45. The summed E-state index contributed by atoms with van der Waals surface area (Å²) in [5.74, 6) is 1.78. The number of benzene rings is 1. The van der Waals surface area contributed by atoms with E-state index in [1.165, 1.54) is 6.26 Å². The number of hydrogen-bond acceptors (Lipinski definition) is 4. The molecular weight excluding hydrogens is 300 g/mol. The van der Waals surface area contributed by atoms with Crippen LogP contribution in [0, 0.1) is 0 Å². The number of aliphatic hydroxyl groups excluding tert-OH is 1. The van der Waals surface area contributed by atoms with E-state index >= 15 is 0 Å². The van der Waals surface area contributed by atoms with Gasteiger partial charge in [-0.3, -0.25) is 0 Å². The first-order valence-corrected chi connectivity index (χ1v) is 6.34. The van der Waals surface area contributed by atoms with Gasteiger partial charge >= 0.3 is 0 Å². The summed E-state index contributed by atoms with van der Waals surface area (Å²) in [4.78, 5) is 0. The zero-order valence-corrected chi connectivity index (χ0v) is 11.0. The Morgan fingerprint density at radius 3 is 2.72 bits per heavy atom. The van der Waals surface area contributed by atoms with Gasteiger partial charge < -0.3 is 19.0 Å². The molecule has 0 spiro atoms. The minimum Gasteiger partial charge on any atom is -0.486 e. The average molecular weight is 311 g/mol. The quantitative estimate of drug-likeness (QED) is 0.926. The predicted octanol–water partition coefficient (Wildman–Crippen LogP) is 2.92. The zero-order valence-electron chi connectivity index (χ0n) is 9.38. The maximum absolute atomic E-state index is 10.2. The summed E-state index contributed by atoms with van der Waals surface area (Å²) in [6, 6.07) is 9.12. The average Bonchev–Trinajstić information content (AvgIpc) is 2.83. The summed E-state index contributed by atoms with van der Waals surface area (Å²) in [7, 11) is 0. The van der Waals surface area contributed by atoms with Crippen LogP contribution < -0.4 is 9.47 Å². The summed E-state index contributed by atoms with van der Waals surface area (Å²) < 4.78 is 17.2. The fourth-order valence-corrected chi connectivity index (χ4v) is 2.31. The summed E-state index contributed by atoms with van der Waals surface area (Å²) >= 11 is 3.32. The maximum Gasteiger partial charge on any atom is 0.166 e. The van der Waals surface area contributed by atoms with E-state index < -0.39 is 12.2 Å². The molecule has 1 aromatic carbocycles. The smallest absolute Gasteiger partial charge is 0.166 e. The van der Waals surface area contributed by atoms with Crippen LogP contribution in [0.2, 0.25) is 0 Å². The maximum atomic E-state index is 10.2. The number of halogens is 1. The fourth-order valence-electron chi connectivity index (χ4n) is 1.88. The van der Waals surface area contributed by atoms with E-state index in [2.05, 4.69) is 15.9 Å². The van der Waals surface area contributed by atoms with E-state index in [1.807, 2.05) is 24.3 Å². The van der Waals surface area contributed by atoms with Gasteiger partial charge in [-0.25, -0.2) is 0 Å². The van der Waals surface area contributed by atoms with Crippen LogP contribution in [0.1, 0.15) is 11.9 Å². The van der Waals surface area contributed by atoms with Crippen LogP contribution in [0.3, 0.4) is 0 Å². The minimum absolute atomic E-state index is 0.283. The molecule has 2 unspecified atom stereocenters. The highest BCUT2D eigenvalue weighted by Gasteiger charge is 2.31. The van der Waals surface area contributed by atoms with Crippen molar-refractivity contribution < 1.29 is 19.0 Å². The molecule has 1 N–H and O–H groups in total. The number of para-hydroxylation sites is 2. The summed E-state index contributed by atoms with van der Waals surface area (Å²) in [5, 5.41) is 10.2. The third-order valence-electron chi connectivity index (χ3n) is 2.80. The molecule has 2 aromatic rings. The number of ether oxygens (including phenoxy) is 2. The lowest BCUT2D eigenvalue weighted by Gasteiger charge is -2.28. The molecule has 18 heavy (non-hydrogen) atoms. The Bertz CT molecular complexity index is 551. The first-order valence-electron chi connectivity index (χ1n) is 5.55. The van der Waals surface area contributed by atoms with Crippen molar-refractivity contribution in [3.63, 3.8) is 0 Å². The Morgan fingerprint density at radius 1 is 1.22 bits per heavy atom. The molecule has 4 nitrogen and oxygen atoms in total. The highest BCUT2D eigenvalue weighted by atomic mass is 79.9. The second-order valence-corrected chi connectivity index (χ2v) is 4.85. The number of aliphatic hydroxyl groups is 1. The van der Waals surface area contributed by atoms with Gasteiger partial charge in [0, 0.05) is 0 Å². The highest BCUT2D eigenvalue weighted by Crippen LogP contribution is 2.35. The minimum atomic E-state index is -0.872.